The van der Waals surface area contributed by atoms with Crippen LogP contribution >= 0.6 is 11.6 Å². The number of ether oxygens (including phenoxy) is 2. The van der Waals surface area contributed by atoms with Crippen molar-refractivity contribution in [1.29, 1.82) is 0 Å². The highest BCUT2D eigenvalue weighted by molar-refractivity contribution is 7.92. The van der Waals surface area contributed by atoms with Crippen molar-refractivity contribution in [3.8, 4) is 5.75 Å². The van der Waals surface area contributed by atoms with Crippen molar-refractivity contribution in [2.75, 3.05) is 24.6 Å². The number of esters is 1. The summed E-state index contributed by atoms with van der Waals surface area (Å²) in [5.74, 6) is -0.164. The molecule has 0 amide bonds. The van der Waals surface area contributed by atoms with Gasteiger partial charge in [-0.05, 0) is 36.4 Å². The highest BCUT2D eigenvalue weighted by atomic mass is 35.5. The quantitative estimate of drug-likeness (QED) is 0.780. The van der Waals surface area contributed by atoms with Gasteiger partial charge in [0.1, 0.15) is 12.4 Å². The van der Waals surface area contributed by atoms with Crippen LogP contribution in [0, 0.1) is 0 Å². The summed E-state index contributed by atoms with van der Waals surface area (Å²) in [5.41, 5.74) is 0.539. The molecule has 8 heteroatoms. The maximum absolute atomic E-state index is 12.9. The number of halogens is 1. The van der Waals surface area contributed by atoms with Crippen molar-refractivity contribution >= 4 is 33.3 Å². The van der Waals surface area contributed by atoms with Gasteiger partial charge in [0, 0.05) is 5.02 Å². The Morgan fingerprint density at radius 3 is 2.75 bits per heavy atom. The molecule has 0 fully saturated rings. The molecule has 0 bridgehead atoms. The Balaban J connectivity index is 2.10. The van der Waals surface area contributed by atoms with Crippen molar-refractivity contribution in [2.45, 2.75) is 4.90 Å². The Morgan fingerprint density at radius 1 is 1.25 bits per heavy atom. The first kappa shape index (κ1) is 16.6. The molecule has 1 aliphatic heterocycles. The Morgan fingerprint density at radius 2 is 2.04 bits per heavy atom. The molecule has 3 rings (SSSR count). The number of fused-ring (bicyclic) bond motifs is 1. The fourth-order valence-electron chi connectivity index (χ4n) is 2.44. The summed E-state index contributed by atoms with van der Waals surface area (Å²) in [7, 11) is -2.57. The summed E-state index contributed by atoms with van der Waals surface area (Å²) in [4.78, 5) is 11.8. The third kappa shape index (κ3) is 2.92. The SMILES string of the molecule is COC(=O)c1ccc2c(c1)N(S(=O)(=O)c1cccc(Cl)c1)CCO2. The lowest BCUT2D eigenvalue weighted by molar-refractivity contribution is 0.0600. The summed E-state index contributed by atoms with van der Waals surface area (Å²) >= 11 is 5.91. The van der Waals surface area contributed by atoms with Crippen LogP contribution in [0.3, 0.4) is 0 Å². The van der Waals surface area contributed by atoms with Gasteiger partial charge in [0.25, 0.3) is 10.0 Å². The third-order valence-corrected chi connectivity index (χ3v) is 5.63. The minimum atomic E-state index is -3.83. The van der Waals surface area contributed by atoms with Gasteiger partial charge in [0.2, 0.25) is 0 Å². The van der Waals surface area contributed by atoms with E-state index in [0.717, 1.165) is 0 Å². The van der Waals surface area contributed by atoms with Crippen molar-refractivity contribution in [3.05, 3.63) is 53.1 Å². The van der Waals surface area contributed by atoms with Gasteiger partial charge in [0.05, 0.1) is 29.8 Å². The molecule has 1 heterocycles. The fourth-order valence-corrected chi connectivity index (χ4v) is 4.19. The normalized spacial score (nSPS) is 13.8. The van der Waals surface area contributed by atoms with Gasteiger partial charge in [-0.3, -0.25) is 4.31 Å². The average molecular weight is 368 g/mol. The predicted octanol–water partition coefficient (Wildman–Crippen LogP) is 2.71. The Hall–Kier alpha value is -2.25. The lowest BCUT2D eigenvalue weighted by Gasteiger charge is -2.30. The second-order valence-corrected chi connectivity index (χ2v) is 7.36. The monoisotopic (exact) mass is 367 g/mol. The number of nitrogens with zero attached hydrogens (tertiary/aromatic N) is 1. The molecule has 1 aliphatic rings. The molecule has 126 valence electrons. The fraction of sp³-hybridized carbons (Fsp3) is 0.188. The molecule has 0 unspecified atom stereocenters. The van der Waals surface area contributed by atoms with Gasteiger partial charge in [0.15, 0.2) is 0 Å². The summed E-state index contributed by atoms with van der Waals surface area (Å²) in [5, 5.41) is 0.327. The smallest absolute Gasteiger partial charge is 0.337 e. The summed E-state index contributed by atoms with van der Waals surface area (Å²) in [6, 6.07) is 10.6. The van der Waals surface area contributed by atoms with Gasteiger partial charge in [-0.15, -0.1) is 0 Å². The van der Waals surface area contributed by atoms with E-state index in [2.05, 4.69) is 4.74 Å². The number of anilines is 1. The number of benzene rings is 2. The summed E-state index contributed by atoms with van der Waals surface area (Å²) < 4.78 is 37.3. The van der Waals surface area contributed by atoms with Gasteiger partial charge in [-0.25, -0.2) is 13.2 Å². The van der Waals surface area contributed by atoms with Crippen LogP contribution in [0.5, 0.6) is 5.75 Å². The second kappa shape index (κ2) is 6.33. The molecule has 6 nitrogen and oxygen atoms in total. The number of carbonyl (C=O) groups is 1. The van der Waals surface area contributed by atoms with Crippen LogP contribution in [0.15, 0.2) is 47.4 Å². The van der Waals surface area contributed by atoms with Crippen molar-refractivity contribution in [2.24, 2.45) is 0 Å². The van der Waals surface area contributed by atoms with E-state index in [0.29, 0.717) is 16.5 Å². The zero-order valence-corrected chi connectivity index (χ0v) is 14.3. The molecule has 0 N–H and O–H groups in total. The van der Waals surface area contributed by atoms with Crippen molar-refractivity contribution < 1.29 is 22.7 Å². The number of carbonyl (C=O) groups excluding carboxylic acids is 1. The number of hydrogen-bond acceptors (Lipinski definition) is 5. The molecular formula is C16H14ClNO5S. The number of sulfonamides is 1. The first-order valence-corrected chi connectivity index (χ1v) is 8.89. The molecule has 0 atom stereocenters. The van der Waals surface area contributed by atoms with Gasteiger partial charge < -0.3 is 9.47 Å². The van der Waals surface area contributed by atoms with E-state index < -0.39 is 16.0 Å². The first-order valence-electron chi connectivity index (χ1n) is 7.07. The molecule has 0 saturated carbocycles. The van der Waals surface area contributed by atoms with E-state index >= 15 is 0 Å². The minimum absolute atomic E-state index is 0.0753. The molecule has 0 aromatic heterocycles. The van der Waals surface area contributed by atoms with E-state index in [1.807, 2.05) is 0 Å². The molecule has 0 spiro atoms. The van der Waals surface area contributed by atoms with Crippen molar-refractivity contribution in [1.82, 2.24) is 0 Å². The molecule has 0 aliphatic carbocycles. The average Bonchev–Trinajstić information content (AvgIpc) is 2.60. The zero-order valence-electron chi connectivity index (χ0n) is 12.7. The maximum Gasteiger partial charge on any atom is 0.337 e. The number of rotatable bonds is 3. The van der Waals surface area contributed by atoms with Crippen LogP contribution in [0.1, 0.15) is 10.4 Å². The minimum Gasteiger partial charge on any atom is -0.489 e. The standard InChI is InChI=1S/C16H14ClNO5S/c1-22-16(19)11-5-6-15-14(9-11)18(7-8-23-15)24(20,21)13-4-2-3-12(17)10-13/h2-6,9-10H,7-8H2,1H3. The lowest BCUT2D eigenvalue weighted by atomic mass is 10.1. The van der Waals surface area contributed by atoms with Crippen LogP contribution in [0.25, 0.3) is 0 Å². The lowest BCUT2D eigenvalue weighted by Crippen LogP contribution is -2.38. The van der Waals surface area contributed by atoms with Crippen LogP contribution < -0.4 is 9.04 Å². The van der Waals surface area contributed by atoms with Crippen LogP contribution in [0.4, 0.5) is 5.69 Å². The first-order chi connectivity index (χ1) is 11.4. The third-order valence-electron chi connectivity index (χ3n) is 3.58. The van der Waals surface area contributed by atoms with Gasteiger partial charge in [-0.1, -0.05) is 17.7 Å². The van der Waals surface area contributed by atoms with E-state index in [9.17, 15) is 13.2 Å². The highest BCUT2D eigenvalue weighted by Crippen LogP contribution is 2.36. The van der Waals surface area contributed by atoms with Gasteiger partial charge >= 0.3 is 5.97 Å². The highest BCUT2D eigenvalue weighted by Gasteiger charge is 2.31. The molecular weight excluding hydrogens is 354 g/mol. The second-order valence-electron chi connectivity index (χ2n) is 5.06. The Kier molecular flexibility index (Phi) is 4.38. The topological polar surface area (TPSA) is 72.9 Å². The van der Waals surface area contributed by atoms with Crippen molar-refractivity contribution in [3.63, 3.8) is 0 Å². The number of methoxy groups -OCH3 is 1. The molecule has 2 aromatic rings. The Labute approximate surface area is 144 Å². The van der Waals surface area contributed by atoms with Gasteiger partial charge in [-0.2, -0.15) is 0 Å². The van der Waals surface area contributed by atoms with Crippen LogP contribution in [-0.4, -0.2) is 34.6 Å². The van der Waals surface area contributed by atoms with E-state index in [4.69, 9.17) is 16.3 Å². The Bertz CT molecular complexity index is 897. The molecule has 2 aromatic carbocycles. The van der Waals surface area contributed by atoms with E-state index in [-0.39, 0.29) is 23.6 Å². The molecule has 24 heavy (non-hydrogen) atoms. The maximum atomic E-state index is 12.9. The van der Waals surface area contributed by atoms with Crippen LogP contribution in [-0.2, 0) is 14.8 Å². The van der Waals surface area contributed by atoms with E-state index in [1.54, 1.807) is 18.2 Å². The number of hydrogen-bond donors (Lipinski definition) is 0. The zero-order chi connectivity index (χ0) is 17.3. The largest absolute Gasteiger partial charge is 0.489 e. The summed E-state index contributed by atoms with van der Waals surface area (Å²) in [6.07, 6.45) is 0. The molecule has 0 saturated heterocycles. The van der Waals surface area contributed by atoms with E-state index in [1.165, 1.54) is 35.7 Å². The summed E-state index contributed by atoms with van der Waals surface area (Å²) in [6.45, 7) is 0.344. The van der Waals surface area contributed by atoms with Crippen LogP contribution in [0.2, 0.25) is 5.02 Å². The predicted molar refractivity (Wildman–Crippen MR) is 89.3 cm³/mol. The molecule has 0 radical (unpaired) electrons.